The SMILES string of the molecule is Cc1ncc(F)cc1C1=CCOCCN1C(=O)OC(C)(C)C. The molecule has 1 aliphatic heterocycles. The highest BCUT2D eigenvalue weighted by molar-refractivity contribution is 5.83. The fraction of sp³-hybridized carbons (Fsp3) is 0.500. The number of hydrogen-bond acceptors (Lipinski definition) is 4. The molecule has 0 fully saturated rings. The van der Waals surface area contributed by atoms with Crippen LogP contribution in [0.25, 0.3) is 5.70 Å². The van der Waals surface area contributed by atoms with Gasteiger partial charge in [0.1, 0.15) is 11.4 Å². The van der Waals surface area contributed by atoms with Gasteiger partial charge >= 0.3 is 6.09 Å². The van der Waals surface area contributed by atoms with Gasteiger partial charge < -0.3 is 9.47 Å². The first-order chi connectivity index (χ1) is 10.3. The molecule has 0 spiro atoms. The van der Waals surface area contributed by atoms with Gasteiger partial charge in [0.05, 0.1) is 31.7 Å². The minimum atomic E-state index is -0.607. The Labute approximate surface area is 129 Å². The van der Waals surface area contributed by atoms with Crippen molar-refractivity contribution in [3.63, 3.8) is 0 Å². The Morgan fingerprint density at radius 2 is 2.18 bits per heavy atom. The lowest BCUT2D eigenvalue weighted by Gasteiger charge is -2.28. The zero-order chi connectivity index (χ0) is 16.3. The molecule has 1 amide bonds. The summed E-state index contributed by atoms with van der Waals surface area (Å²) in [5.74, 6) is -0.448. The van der Waals surface area contributed by atoms with Crippen molar-refractivity contribution >= 4 is 11.8 Å². The molecule has 120 valence electrons. The normalized spacial score (nSPS) is 16.0. The predicted molar refractivity (Wildman–Crippen MR) is 80.7 cm³/mol. The van der Waals surface area contributed by atoms with E-state index >= 15 is 0 Å². The highest BCUT2D eigenvalue weighted by atomic mass is 19.1. The largest absolute Gasteiger partial charge is 0.443 e. The summed E-state index contributed by atoms with van der Waals surface area (Å²) in [6, 6.07) is 1.37. The maximum absolute atomic E-state index is 13.5. The van der Waals surface area contributed by atoms with Gasteiger partial charge in [-0.15, -0.1) is 0 Å². The molecule has 0 aliphatic carbocycles. The maximum Gasteiger partial charge on any atom is 0.414 e. The number of ether oxygens (including phenoxy) is 2. The summed E-state index contributed by atoms with van der Waals surface area (Å²) in [6.07, 6.45) is 2.43. The number of halogens is 1. The van der Waals surface area contributed by atoms with Crippen LogP contribution in [0, 0.1) is 12.7 Å². The van der Waals surface area contributed by atoms with Crippen molar-refractivity contribution in [2.24, 2.45) is 0 Å². The average molecular weight is 308 g/mol. The van der Waals surface area contributed by atoms with Crippen LogP contribution in [0.15, 0.2) is 18.3 Å². The van der Waals surface area contributed by atoms with Gasteiger partial charge in [0.25, 0.3) is 0 Å². The van der Waals surface area contributed by atoms with E-state index in [0.717, 1.165) is 6.20 Å². The van der Waals surface area contributed by atoms with Gasteiger partial charge in [-0.1, -0.05) is 0 Å². The second kappa shape index (κ2) is 6.44. The van der Waals surface area contributed by atoms with Gasteiger partial charge in [-0.2, -0.15) is 0 Å². The zero-order valence-electron chi connectivity index (χ0n) is 13.4. The van der Waals surface area contributed by atoms with Gasteiger partial charge in [0.15, 0.2) is 0 Å². The predicted octanol–water partition coefficient (Wildman–Crippen LogP) is 3.14. The molecule has 0 aromatic carbocycles. The quantitative estimate of drug-likeness (QED) is 0.800. The monoisotopic (exact) mass is 308 g/mol. The third kappa shape index (κ3) is 4.04. The number of rotatable bonds is 1. The molecule has 2 rings (SSSR count). The molecule has 1 aliphatic rings. The van der Waals surface area contributed by atoms with Crippen LogP contribution in [0.3, 0.4) is 0 Å². The molecular weight excluding hydrogens is 287 g/mol. The highest BCUT2D eigenvalue weighted by Gasteiger charge is 2.27. The number of hydrogen-bond donors (Lipinski definition) is 0. The molecule has 0 unspecified atom stereocenters. The summed E-state index contributed by atoms with van der Waals surface area (Å²) in [6.45, 7) is 8.27. The molecule has 22 heavy (non-hydrogen) atoms. The van der Waals surface area contributed by atoms with E-state index in [1.54, 1.807) is 33.8 Å². The van der Waals surface area contributed by atoms with E-state index in [0.29, 0.717) is 36.7 Å². The number of pyridine rings is 1. The van der Waals surface area contributed by atoms with Crippen molar-refractivity contribution in [2.45, 2.75) is 33.3 Å². The third-order valence-corrected chi connectivity index (χ3v) is 3.09. The number of nitrogens with zero attached hydrogens (tertiary/aromatic N) is 2. The first-order valence-electron chi connectivity index (χ1n) is 7.19. The molecule has 2 heterocycles. The Kier molecular flexibility index (Phi) is 4.81. The number of carbonyl (C=O) groups excluding carboxylic acids is 1. The Morgan fingerprint density at radius 1 is 1.45 bits per heavy atom. The average Bonchev–Trinajstić information content (AvgIpc) is 2.65. The van der Waals surface area contributed by atoms with Crippen molar-refractivity contribution in [1.29, 1.82) is 0 Å². The Bertz CT molecular complexity index is 594. The van der Waals surface area contributed by atoms with Crippen molar-refractivity contribution < 1.29 is 18.7 Å². The molecule has 0 saturated carbocycles. The Hall–Kier alpha value is -1.95. The minimum absolute atomic E-state index is 0.344. The van der Waals surface area contributed by atoms with Gasteiger partial charge in [-0.05, 0) is 39.8 Å². The first-order valence-corrected chi connectivity index (χ1v) is 7.19. The molecule has 5 nitrogen and oxygen atoms in total. The molecule has 0 bridgehead atoms. The minimum Gasteiger partial charge on any atom is -0.443 e. The Morgan fingerprint density at radius 3 is 2.86 bits per heavy atom. The molecule has 1 aromatic rings. The molecular formula is C16H21FN2O3. The van der Waals surface area contributed by atoms with E-state index in [4.69, 9.17) is 9.47 Å². The lowest BCUT2D eigenvalue weighted by Crippen LogP contribution is -2.37. The van der Waals surface area contributed by atoms with Gasteiger partial charge in [-0.25, -0.2) is 9.18 Å². The van der Waals surface area contributed by atoms with Crippen LogP contribution in [0.4, 0.5) is 9.18 Å². The van der Waals surface area contributed by atoms with Gasteiger partial charge in [0.2, 0.25) is 0 Å². The van der Waals surface area contributed by atoms with Gasteiger partial charge in [0, 0.05) is 11.3 Å². The van der Waals surface area contributed by atoms with E-state index in [-0.39, 0.29) is 0 Å². The summed E-state index contributed by atoms with van der Waals surface area (Å²) >= 11 is 0. The van der Waals surface area contributed by atoms with E-state index in [1.807, 2.05) is 0 Å². The third-order valence-electron chi connectivity index (χ3n) is 3.09. The van der Waals surface area contributed by atoms with Gasteiger partial charge in [-0.3, -0.25) is 9.88 Å². The molecule has 1 aromatic heterocycles. The molecule has 0 radical (unpaired) electrons. The van der Waals surface area contributed by atoms with Crippen LogP contribution in [0.5, 0.6) is 0 Å². The Balaban J connectivity index is 2.38. The van der Waals surface area contributed by atoms with Crippen molar-refractivity contribution in [3.05, 3.63) is 35.4 Å². The molecule has 0 atom stereocenters. The summed E-state index contributed by atoms with van der Waals surface area (Å²) in [5.41, 5.74) is 1.17. The van der Waals surface area contributed by atoms with Crippen LogP contribution < -0.4 is 0 Å². The number of aryl methyl sites for hydroxylation is 1. The van der Waals surface area contributed by atoms with Crippen LogP contribution in [-0.2, 0) is 9.47 Å². The summed E-state index contributed by atoms with van der Waals surface area (Å²) in [4.78, 5) is 17.9. The number of carbonyl (C=O) groups is 1. The fourth-order valence-electron chi connectivity index (χ4n) is 2.14. The second-order valence-corrected chi connectivity index (χ2v) is 6.08. The summed E-state index contributed by atoms with van der Waals surface area (Å²) < 4.78 is 24.4. The van der Waals surface area contributed by atoms with E-state index in [2.05, 4.69) is 4.98 Å². The highest BCUT2D eigenvalue weighted by Crippen LogP contribution is 2.25. The molecule has 0 saturated heterocycles. The fourth-order valence-corrected chi connectivity index (χ4v) is 2.14. The van der Waals surface area contributed by atoms with Crippen LogP contribution in [0.1, 0.15) is 32.0 Å². The molecule has 6 heteroatoms. The zero-order valence-corrected chi connectivity index (χ0v) is 13.4. The number of aromatic nitrogens is 1. The lowest BCUT2D eigenvalue weighted by molar-refractivity contribution is 0.0322. The topological polar surface area (TPSA) is 51.7 Å². The second-order valence-electron chi connectivity index (χ2n) is 6.08. The van der Waals surface area contributed by atoms with E-state index in [9.17, 15) is 9.18 Å². The van der Waals surface area contributed by atoms with Crippen LogP contribution in [0.2, 0.25) is 0 Å². The first kappa shape index (κ1) is 16.4. The van der Waals surface area contributed by atoms with Crippen LogP contribution >= 0.6 is 0 Å². The lowest BCUT2D eigenvalue weighted by atomic mass is 10.1. The van der Waals surface area contributed by atoms with E-state index in [1.165, 1.54) is 11.0 Å². The maximum atomic E-state index is 13.5. The smallest absolute Gasteiger partial charge is 0.414 e. The summed E-state index contributed by atoms with van der Waals surface area (Å²) in [5, 5.41) is 0. The standard InChI is InChI=1S/C16H21FN2O3/c1-11-13(9-12(17)10-18-11)14-5-7-21-8-6-19(14)15(20)22-16(2,3)4/h5,9-10H,6-8H2,1-4H3. The van der Waals surface area contributed by atoms with E-state index < -0.39 is 17.5 Å². The van der Waals surface area contributed by atoms with Crippen molar-refractivity contribution in [3.8, 4) is 0 Å². The van der Waals surface area contributed by atoms with Crippen molar-refractivity contribution in [2.75, 3.05) is 19.8 Å². The summed E-state index contributed by atoms with van der Waals surface area (Å²) in [7, 11) is 0. The molecule has 0 N–H and O–H groups in total. The number of amides is 1. The van der Waals surface area contributed by atoms with Crippen molar-refractivity contribution in [1.82, 2.24) is 9.88 Å². The van der Waals surface area contributed by atoms with Crippen LogP contribution in [-0.4, -0.2) is 41.3 Å².